The molecule has 1 aromatic rings. The number of nitrogens with zero attached hydrogens (tertiary/aromatic N) is 1. The average Bonchev–Trinajstić information content (AvgIpc) is 2.51. The fourth-order valence-corrected chi connectivity index (χ4v) is 2.86. The topological polar surface area (TPSA) is 44.4 Å². The summed E-state index contributed by atoms with van der Waals surface area (Å²) in [5.41, 5.74) is 2.06. The molecule has 2 atom stereocenters. The number of amides is 1. The highest BCUT2D eigenvalue weighted by molar-refractivity contribution is 5.88. The van der Waals surface area contributed by atoms with Crippen molar-refractivity contribution < 1.29 is 4.79 Å². The van der Waals surface area contributed by atoms with Crippen molar-refractivity contribution in [3.05, 3.63) is 29.8 Å². The second-order valence-electron chi connectivity index (χ2n) is 6.27. The summed E-state index contributed by atoms with van der Waals surface area (Å²) >= 11 is 0. The fraction of sp³-hybridized carbons (Fsp3) is 0.632. The molecule has 0 bridgehead atoms. The Morgan fingerprint density at radius 2 is 1.91 bits per heavy atom. The van der Waals surface area contributed by atoms with E-state index < -0.39 is 0 Å². The molecular formula is C19H33N3O. The SMILES string of the molecule is CCN(CC)CCCC(C)NC(C)c1cccc(NC(C)=O)c1. The van der Waals surface area contributed by atoms with Crippen molar-refractivity contribution in [3.63, 3.8) is 0 Å². The molecule has 4 nitrogen and oxygen atoms in total. The molecule has 2 N–H and O–H groups in total. The number of carbonyl (C=O) groups excluding carboxylic acids is 1. The molecule has 0 spiro atoms. The molecule has 0 aliphatic rings. The minimum Gasteiger partial charge on any atom is -0.326 e. The van der Waals surface area contributed by atoms with Gasteiger partial charge in [0.2, 0.25) is 5.91 Å². The van der Waals surface area contributed by atoms with E-state index in [0.717, 1.165) is 18.8 Å². The Balaban J connectivity index is 2.45. The van der Waals surface area contributed by atoms with Crippen LogP contribution in [0.2, 0.25) is 0 Å². The Kier molecular flexibility index (Phi) is 8.89. The van der Waals surface area contributed by atoms with E-state index in [4.69, 9.17) is 0 Å². The zero-order valence-corrected chi connectivity index (χ0v) is 15.4. The maximum Gasteiger partial charge on any atom is 0.221 e. The van der Waals surface area contributed by atoms with Gasteiger partial charge in [0, 0.05) is 24.7 Å². The lowest BCUT2D eigenvalue weighted by molar-refractivity contribution is -0.114. The van der Waals surface area contributed by atoms with Gasteiger partial charge in [0.1, 0.15) is 0 Å². The summed E-state index contributed by atoms with van der Waals surface area (Å²) in [5.74, 6) is -0.0347. The Morgan fingerprint density at radius 1 is 1.22 bits per heavy atom. The molecule has 0 saturated heterocycles. The van der Waals surface area contributed by atoms with E-state index in [9.17, 15) is 4.79 Å². The van der Waals surface area contributed by atoms with Gasteiger partial charge in [-0.2, -0.15) is 0 Å². The highest BCUT2D eigenvalue weighted by Crippen LogP contribution is 2.18. The van der Waals surface area contributed by atoms with Crippen LogP contribution in [0.15, 0.2) is 24.3 Å². The molecular weight excluding hydrogens is 286 g/mol. The van der Waals surface area contributed by atoms with Crippen LogP contribution >= 0.6 is 0 Å². The highest BCUT2D eigenvalue weighted by atomic mass is 16.1. The maximum absolute atomic E-state index is 11.2. The van der Waals surface area contributed by atoms with Gasteiger partial charge in [0.25, 0.3) is 0 Å². The molecule has 1 aromatic carbocycles. The fourth-order valence-electron chi connectivity index (χ4n) is 2.86. The summed E-state index contributed by atoms with van der Waals surface area (Å²) in [6.07, 6.45) is 2.39. The third-order valence-corrected chi connectivity index (χ3v) is 4.25. The van der Waals surface area contributed by atoms with Crippen LogP contribution in [0.4, 0.5) is 5.69 Å². The van der Waals surface area contributed by atoms with E-state index >= 15 is 0 Å². The largest absolute Gasteiger partial charge is 0.326 e. The van der Waals surface area contributed by atoms with Crippen molar-refractivity contribution in [2.75, 3.05) is 25.0 Å². The first-order chi connectivity index (χ1) is 11.0. The number of carbonyl (C=O) groups is 1. The number of benzene rings is 1. The lowest BCUT2D eigenvalue weighted by Crippen LogP contribution is -2.31. The molecule has 23 heavy (non-hydrogen) atoms. The molecule has 2 unspecified atom stereocenters. The Labute approximate surface area is 141 Å². The Hall–Kier alpha value is -1.39. The van der Waals surface area contributed by atoms with Crippen LogP contribution < -0.4 is 10.6 Å². The second kappa shape index (κ2) is 10.4. The molecule has 0 heterocycles. The third kappa shape index (κ3) is 7.62. The summed E-state index contributed by atoms with van der Waals surface area (Å²) in [7, 11) is 0. The summed E-state index contributed by atoms with van der Waals surface area (Å²) in [5, 5.41) is 6.50. The zero-order valence-electron chi connectivity index (χ0n) is 15.4. The number of hydrogen-bond acceptors (Lipinski definition) is 3. The van der Waals surface area contributed by atoms with E-state index in [0.29, 0.717) is 6.04 Å². The molecule has 4 heteroatoms. The van der Waals surface area contributed by atoms with Gasteiger partial charge in [-0.1, -0.05) is 26.0 Å². The van der Waals surface area contributed by atoms with Crippen molar-refractivity contribution in [1.29, 1.82) is 0 Å². The predicted octanol–water partition coefficient (Wildman–Crippen LogP) is 3.81. The van der Waals surface area contributed by atoms with E-state index in [2.05, 4.69) is 49.3 Å². The van der Waals surface area contributed by atoms with Crippen molar-refractivity contribution in [3.8, 4) is 0 Å². The predicted molar refractivity (Wildman–Crippen MR) is 98.8 cm³/mol. The summed E-state index contributed by atoms with van der Waals surface area (Å²) < 4.78 is 0. The van der Waals surface area contributed by atoms with Gasteiger partial charge >= 0.3 is 0 Å². The number of nitrogens with one attached hydrogen (secondary N) is 2. The van der Waals surface area contributed by atoms with Gasteiger partial charge in [-0.15, -0.1) is 0 Å². The normalized spacial score (nSPS) is 13.8. The average molecular weight is 319 g/mol. The Morgan fingerprint density at radius 3 is 2.52 bits per heavy atom. The molecule has 0 aliphatic carbocycles. The van der Waals surface area contributed by atoms with Crippen LogP contribution in [0, 0.1) is 0 Å². The maximum atomic E-state index is 11.2. The van der Waals surface area contributed by atoms with Crippen molar-refractivity contribution >= 4 is 11.6 Å². The van der Waals surface area contributed by atoms with E-state index in [1.807, 2.05) is 18.2 Å². The molecule has 130 valence electrons. The summed E-state index contributed by atoms with van der Waals surface area (Å²) in [6.45, 7) is 13.8. The summed E-state index contributed by atoms with van der Waals surface area (Å²) in [6, 6.07) is 8.81. The quantitative estimate of drug-likeness (QED) is 0.689. The third-order valence-electron chi connectivity index (χ3n) is 4.25. The van der Waals surface area contributed by atoms with Crippen LogP contribution in [0.5, 0.6) is 0 Å². The lowest BCUT2D eigenvalue weighted by Gasteiger charge is -2.23. The molecule has 0 aliphatic heterocycles. The molecule has 0 aromatic heterocycles. The number of anilines is 1. The zero-order chi connectivity index (χ0) is 17.2. The first-order valence-electron chi connectivity index (χ1n) is 8.82. The van der Waals surface area contributed by atoms with Crippen molar-refractivity contribution in [2.45, 2.75) is 59.5 Å². The Bertz CT molecular complexity index is 471. The van der Waals surface area contributed by atoms with Gasteiger partial charge in [-0.05, 0) is 64.0 Å². The smallest absolute Gasteiger partial charge is 0.221 e. The minimum absolute atomic E-state index is 0.0347. The summed E-state index contributed by atoms with van der Waals surface area (Å²) in [4.78, 5) is 13.6. The first kappa shape index (κ1) is 19.7. The van der Waals surface area contributed by atoms with Crippen LogP contribution in [0.25, 0.3) is 0 Å². The van der Waals surface area contributed by atoms with Crippen LogP contribution in [-0.2, 0) is 4.79 Å². The van der Waals surface area contributed by atoms with E-state index in [1.165, 1.54) is 31.9 Å². The number of rotatable bonds is 10. The van der Waals surface area contributed by atoms with Crippen molar-refractivity contribution in [2.24, 2.45) is 0 Å². The number of hydrogen-bond donors (Lipinski definition) is 2. The van der Waals surface area contributed by atoms with Crippen LogP contribution in [0.1, 0.15) is 59.1 Å². The van der Waals surface area contributed by atoms with Crippen LogP contribution in [-0.4, -0.2) is 36.5 Å². The van der Waals surface area contributed by atoms with E-state index in [1.54, 1.807) is 0 Å². The van der Waals surface area contributed by atoms with Gasteiger partial charge < -0.3 is 15.5 Å². The first-order valence-corrected chi connectivity index (χ1v) is 8.82. The standard InChI is InChI=1S/C19H33N3O/c1-6-22(7-2)13-9-10-15(3)20-16(4)18-11-8-12-19(14-18)21-17(5)23/h8,11-12,14-16,20H,6-7,9-10,13H2,1-5H3,(H,21,23). The molecule has 0 saturated carbocycles. The van der Waals surface area contributed by atoms with Crippen molar-refractivity contribution in [1.82, 2.24) is 10.2 Å². The van der Waals surface area contributed by atoms with Crippen LogP contribution in [0.3, 0.4) is 0 Å². The minimum atomic E-state index is -0.0347. The van der Waals surface area contributed by atoms with E-state index in [-0.39, 0.29) is 11.9 Å². The lowest BCUT2D eigenvalue weighted by atomic mass is 10.1. The molecule has 0 fully saturated rings. The molecule has 0 radical (unpaired) electrons. The van der Waals surface area contributed by atoms with Gasteiger partial charge in [0.05, 0.1) is 0 Å². The van der Waals surface area contributed by atoms with Gasteiger partial charge in [0.15, 0.2) is 0 Å². The van der Waals surface area contributed by atoms with Gasteiger partial charge in [-0.3, -0.25) is 4.79 Å². The highest BCUT2D eigenvalue weighted by Gasteiger charge is 2.10. The molecule has 1 amide bonds. The molecule has 1 rings (SSSR count). The second-order valence-corrected chi connectivity index (χ2v) is 6.27. The van der Waals surface area contributed by atoms with Gasteiger partial charge in [-0.25, -0.2) is 0 Å². The monoisotopic (exact) mass is 319 g/mol.